The first-order valence-electron chi connectivity index (χ1n) is 7.94. The summed E-state index contributed by atoms with van der Waals surface area (Å²) in [5.74, 6) is 0.779. The Morgan fingerprint density at radius 1 is 1.23 bits per heavy atom. The van der Waals surface area contributed by atoms with Crippen molar-refractivity contribution >= 4 is 0 Å². The molecule has 0 aliphatic carbocycles. The number of nitrogens with zero attached hydrogens (tertiary/aromatic N) is 2. The number of H-pyrrole nitrogens is 1. The van der Waals surface area contributed by atoms with E-state index in [0.717, 1.165) is 30.0 Å². The molecule has 1 aliphatic heterocycles. The van der Waals surface area contributed by atoms with Crippen molar-refractivity contribution in [2.24, 2.45) is 0 Å². The molecule has 118 valence electrons. The van der Waals surface area contributed by atoms with E-state index < -0.39 is 6.10 Å². The van der Waals surface area contributed by atoms with Crippen LogP contribution in [0.4, 0.5) is 0 Å². The van der Waals surface area contributed by atoms with Crippen LogP contribution in [0.15, 0.2) is 36.7 Å². The van der Waals surface area contributed by atoms with E-state index in [9.17, 15) is 5.11 Å². The predicted molar refractivity (Wildman–Crippen MR) is 85.8 cm³/mol. The van der Waals surface area contributed by atoms with E-state index in [4.69, 9.17) is 4.74 Å². The van der Waals surface area contributed by atoms with Crippen LogP contribution in [0.1, 0.15) is 19.3 Å². The van der Waals surface area contributed by atoms with Gasteiger partial charge in [0, 0.05) is 23.9 Å². The van der Waals surface area contributed by atoms with E-state index in [1.54, 1.807) is 6.20 Å². The minimum absolute atomic E-state index is 0.311. The summed E-state index contributed by atoms with van der Waals surface area (Å²) in [7, 11) is 0. The molecule has 0 saturated carbocycles. The molecule has 0 bridgehead atoms. The zero-order valence-corrected chi connectivity index (χ0v) is 12.7. The molecule has 0 unspecified atom stereocenters. The van der Waals surface area contributed by atoms with Gasteiger partial charge in [-0.2, -0.15) is 5.10 Å². The Bertz CT molecular complexity index is 565. The third-order valence-electron chi connectivity index (χ3n) is 4.05. The minimum Gasteiger partial charge on any atom is -0.490 e. The Labute approximate surface area is 130 Å². The van der Waals surface area contributed by atoms with E-state index in [1.807, 2.05) is 30.5 Å². The average Bonchev–Trinajstić information content (AvgIpc) is 3.08. The molecule has 1 saturated heterocycles. The second kappa shape index (κ2) is 7.42. The van der Waals surface area contributed by atoms with Crippen molar-refractivity contribution in [3.8, 4) is 16.9 Å². The summed E-state index contributed by atoms with van der Waals surface area (Å²) < 4.78 is 5.85. The summed E-state index contributed by atoms with van der Waals surface area (Å²) >= 11 is 0. The van der Waals surface area contributed by atoms with Crippen LogP contribution in [0.3, 0.4) is 0 Å². The highest BCUT2D eigenvalue weighted by Crippen LogP contribution is 2.28. The summed E-state index contributed by atoms with van der Waals surface area (Å²) in [5.41, 5.74) is 1.97. The summed E-state index contributed by atoms with van der Waals surface area (Å²) in [4.78, 5) is 2.32. The van der Waals surface area contributed by atoms with Crippen LogP contribution in [-0.4, -0.2) is 52.5 Å². The van der Waals surface area contributed by atoms with Gasteiger partial charge in [-0.3, -0.25) is 5.10 Å². The monoisotopic (exact) mass is 301 g/mol. The Morgan fingerprint density at radius 2 is 2.05 bits per heavy atom. The lowest BCUT2D eigenvalue weighted by Crippen LogP contribution is -2.38. The Balaban J connectivity index is 1.57. The topological polar surface area (TPSA) is 61.4 Å². The van der Waals surface area contributed by atoms with Crippen LogP contribution in [0.25, 0.3) is 11.1 Å². The molecule has 0 radical (unpaired) electrons. The molecular formula is C17H23N3O2. The number of rotatable bonds is 6. The molecule has 3 rings (SSSR count). The summed E-state index contributed by atoms with van der Waals surface area (Å²) in [6.07, 6.45) is 6.92. The van der Waals surface area contributed by atoms with E-state index in [2.05, 4.69) is 15.1 Å². The van der Waals surface area contributed by atoms with Gasteiger partial charge in [0.2, 0.25) is 0 Å². The number of para-hydroxylation sites is 1. The van der Waals surface area contributed by atoms with E-state index >= 15 is 0 Å². The van der Waals surface area contributed by atoms with E-state index in [1.165, 1.54) is 19.3 Å². The van der Waals surface area contributed by atoms with Gasteiger partial charge in [-0.05, 0) is 32.0 Å². The van der Waals surface area contributed by atoms with Crippen molar-refractivity contribution in [3.63, 3.8) is 0 Å². The van der Waals surface area contributed by atoms with Crippen molar-refractivity contribution < 1.29 is 9.84 Å². The number of piperidine rings is 1. The number of hydrogen-bond acceptors (Lipinski definition) is 4. The number of aromatic nitrogens is 2. The van der Waals surface area contributed by atoms with Gasteiger partial charge in [-0.15, -0.1) is 0 Å². The van der Waals surface area contributed by atoms with E-state index in [0.29, 0.717) is 13.2 Å². The molecule has 5 heteroatoms. The van der Waals surface area contributed by atoms with E-state index in [-0.39, 0.29) is 0 Å². The third kappa shape index (κ3) is 3.87. The number of hydrogen-bond donors (Lipinski definition) is 2. The normalized spacial score (nSPS) is 17.3. The van der Waals surface area contributed by atoms with Crippen LogP contribution < -0.4 is 4.74 Å². The van der Waals surface area contributed by atoms with Crippen molar-refractivity contribution in [2.45, 2.75) is 25.4 Å². The highest BCUT2D eigenvalue weighted by Gasteiger charge is 2.15. The number of aliphatic hydroxyl groups excluding tert-OH is 1. The maximum Gasteiger partial charge on any atom is 0.127 e. The highest BCUT2D eigenvalue weighted by molar-refractivity contribution is 5.68. The SMILES string of the molecule is O[C@@H](COc1ccccc1-c1cn[nH]c1)CN1CCCCC1. The molecule has 2 N–H and O–H groups in total. The quantitative estimate of drug-likeness (QED) is 0.859. The highest BCUT2D eigenvalue weighted by atomic mass is 16.5. The largest absolute Gasteiger partial charge is 0.490 e. The lowest BCUT2D eigenvalue weighted by atomic mass is 10.1. The number of aliphatic hydroxyl groups is 1. The molecule has 22 heavy (non-hydrogen) atoms. The van der Waals surface area contributed by atoms with Crippen molar-refractivity contribution in [1.29, 1.82) is 0 Å². The number of likely N-dealkylation sites (tertiary alicyclic amines) is 1. The molecule has 5 nitrogen and oxygen atoms in total. The van der Waals surface area contributed by atoms with Gasteiger partial charge in [0.15, 0.2) is 0 Å². The lowest BCUT2D eigenvalue weighted by Gasteiger charge is -2.28. The maximum atomic E-state index is 10.2. The number of aromatic amines is 1. The Hall–Kier alpha value is -1.85. The second-order valence-electron chi connectivity index (χ2n) is 5.81. The molecule has 0 spiro atoms. The zero-order valence-electron chi connectivity index (χ0n) is 12.7. The molecule has 0 amide bonds. The third-order valence-corrected chi connectivity index (χ3v) is 4.05. The molecule has 1 fully saturated rings. The standard InChI is InChI=1S/C17H23N3O2/c21-15(12-20-8-4-1-5-9-20)13-22-17-7-3-2-6-16(17)14-10-18-19-11-14/h2-3,6-7,10-11,15,21H,1,4-5,8-9,12-13H2,(H,18,19)/t15-/m1/s1. The number of benzene rings is 1. The first-order valence-corrected chi connectivity index (χ1v) is 7.94. The Kier molecular flexibility index (Phi) is 5.08. The van der Waals surface area contributed by atoms with Crippen LogP contribution in [0.2, 0.25) is 0 Å². The number of nitrogens with one attached hydrogen (secondary N) is 1. The molecule has 1 aliphatic rings. The Morgan fingerprint density at radius 3 is 2.82 bits per heavy atom. The first kappa shape index (κ1) is 15.1. The fourth-order valence-corrected chi connectivity index (χ4v) is 2.91. The lowest BCUT2D eigenvalue weighted by molar-refractivity contribution is 0.0619. The van der Waals surface area contributed by atoms with Gasteiger partial charge in [0.25, 0.3) is 0 Å². The van der Waals surface area contributed by atoms with Crippen molar-refractivity contribution in [3.05, 3.63) is 36.7 Å². The van der Waals surface area contributed by atoms with Crippen molar-refractivity contribution in [2.75, 3.05) is 26.2 Å². The predicted octanol–water partition coefficient (Wildman–Crippen LogP) is 2.30. The fourth-order valence-electron chi connectivity index (χ4n) is 2.91. The maximum absolute atomic E-state index is 10.2. The number of ether oxygens (including phenoxy) is 1. The molecule has 1 aromatic carbocycles. The van der Waals surface area contributed by atoms with Gasteiger partial charge in [0.1, 0.15) is 18.5 Å². The first-order chi connectivity index (χ1) is 10.8. The van der Waals surface area contributed by atoms with Gasteiger partial charge >= 0.3 is 0 Å². The fraction of sp³-hybridized carbons (Fsp3) is 0.471. The molecular weight excluding hydrogens is 278 g/mol. The van der Waals surface area contributed by atoms with Crippen LogP contribution >= 0.6 is 0 Å². The van der Waals surface area contributed by atoms with Crippen LogP contribution in [0.5, 0.6) is 5.75 Å². The van der Waals surface area contributed by atoms with Gasteiger partial charge in [0.05, 0.1) is 6.20 Å². The molecule has 1 atom stereocenters. The van der Waals surface area contributed by atoms with Crippen LogP contribution in [0, 0.1) is 0 Å². The summed E-state index contributed by atoms with van der Waals surface area (Å²) in [5, 5.41) is 17.0. The van der Waals surface area contributed by atoms with Gasteiger partial charge in [-0.1, -0.05) is 24.6 Å². The average molecular weight is 301 g/mol. The zero-order chi connectivity index (χ0) is 15.2. The van der Waals surface area contributed by atoms with Gasteiger partial charge in [-0.25, -0.2) is 0 Å². The summed E-state index contributed by atoms with van der Waals surface area (Å²) in [6, 6.07) is 7.84. The molecule has 2 aromatic rings. The molecule has 2 heterocycles. The minimum atomic E-state index is -0.462. The summed E-state index contributed by atoms with van der Waals surface area (Å²) in [6.45, 7) is 3.17. The van der Waals surface area contributed by atoms with Gasteiger partial charge < -0.3 is 14.7 Å². The number of β-amino-alcohol motifs (C(OH)–C–C–N with tert-alkyl or cyclic N) is 1. The van der Waals surface area contributed by atoms with Crippen molar-refractivity contribution in [1.82, 2.24) is 15.1 Å². The van der Waals surface area contributed by atoms with Crippen LogP contribution in [-0.2, 0) is 0 Å². The smallest absolute Gasteiger partial charge is 0.127 e. The second-order valence-corrected chi connectivity index (χ2v) is 5.81. The molecule has 1 aromatic heterocycles.